The van der Waals surface area contributed by atoms with Crippen molar-refractivity contribution in [2.75, 3.05) is 23.7 Å². The number of aromatic nitrogens is 1. The van der Waals surface area contributed by atoms with Crippen molar-refractivity contribution in [1.82, 2.24) is 4.98 Å². The fraction of sp³-hybridized carbons (Fsp3) is 0.308. The summed E-state index contributed by atoms with van der Waals surface area (Å²) in [5.74, 6) is 1.66. The highest BCUT2D eigenvalue weighted by atomic mass is 35.5. The number of halogens is 1. The normalized spacial score (nSPS) is 14.9. The van der Waals surface area contributed by atoms with E-state index in [1.165, 1.54) is 18.2 Å². The molecule has 1 aliphatic heterocycles. The zero-order valence-corrected chi connectivity index (χ0v) is 10.4. The number of hydrogen-bond donors (Lipinski definition) is 1. The van der Waals surface area contributed by atoms with Crippen molar-refractivity contribution >= 4 is 34.8 Å². The lowest BCUT2D eigenvalue weighted by molar-refractivity contribution is 0.942. The zero-order chi connectivity index (χ0) is 11.0. The summed E-state index contributed by atoms with van der Waals surface area (Å²) < 4.78 is 0. The molecule has 4 heteroatoms. The van der Waals surface area contributed by atoms with Crippen molar-refractivity contribution in [1.29, 1.82) is 0 Å². The lowest BCUT2D eigenvalue weighted by Crippen LogP contribution is -2.19. The number of rotatable bonds is 1. The van der Waals surface area contributed by atoms with Crippen LogP contribution < -0.4 is 10.6 Å². The zero-order valence-electron chi connectivity index (χ0n) is 9.60. The molecule has 2 aromatic rings. The highest BCUT2D eigenvalue weighted by Gasteiger charge is 2.14. The molecule has 1 aliphatic rings. The minimum absolute atomic E-state index is 0. The second-order valence-electron chi connectivity index (χ2n) is 4.28. The number of fused-ring (bicyclic) bond motifs is 1. The van der Waals surface area contributed by atoms with E-state index in [0.717, 1.165) is 24.3 Å². The topological polar surface area (TPSA) is 42.1 Å². The first-order valence-electron chi connectivity index (χ1n) is 5.75. The molecule has 1 aromatic carbocycles. The molecule has 1 fully saturated rings. The number of nitrogen functional groups attached to an aromatic ring is 1. The van der Waals surface area contributed by atoms with E-state index in [0.29, 0.717) is 5.82 Å². The van der Waals surface area contributed by atoms with Gasteiger partial charge in [-0.3, -0.25) is 0 Å². The van der Waals surface area contributed by atoms with Gasteiger partial charge in [-0.05, 0) is 24.3 Å². The molecule has 0 amide bonds. The predicted octanol–water partition coefficient (Wildman–Crippen LogP) is 2.84. The molecule has 90 valence electrons. The van der Waals surface area contributed by atoms with Gasteiger partial charge in [0.05, 0.1) is 0 Å². The van der Waals surface area contributed by atoms with Crippen LogP contribution in [0.2, 0.25) is 0 Å². The summed E-state index contributed by atoms with van der Waals surface area (Å²) in [5, 5.41) is 2.22. The molecule has 0 saturated carbocycles. The molecule has 0 radical (unpaired) electrons. The van der Waals surface area contributed by atoms with Gasteiger partial charge in [-0.2, -0.15) is 0 Å². The largest absolute Gasteiger partial charge is 0.383 e. The molecule has 17 heavy (non-hydrogen) atoms. The first-order chi connectivity index (χ1) is 7.84. The SMILES string of the molecule is Cl.Nc1nc(N2CCCC2)cc2ccccc12. The molecule has 0 unspecified atom stereocenters. The summed E-state index contributed by atoms with van der Waals surface area (Å²) in [5.41, 5.74) is 5.99. The second-order valence-corrected chi connectivity index (χ2v) is 4.28. The fourth-order valence-corrected chi connectivity index (χ4v) is 2.32. The molecule has 2 N–H and O–H groups in total. The summed E-state index contributed by atoms with van der Waals surface area (Å²) in [6, 6.07) is 10.3. The van der Waals surface area contributed by atoms with Crippen molar-refractivity contribution in [2.24, 2.45) is 0 Å². The first kappa shape index (κ1) is 12.0. The van der Waals surface area contributed by atoms with Crippen molar-refractivity contribution in [3.8, 4) is 0 Å². The lowest BCUT2D eigenvalue weighted by atomic mass is 10.1. The Morgan fingerprint density at radius 1 is 1.12 bits per heavy atom. The monoisotopic (exact) mass is 249 g/mol. The Balaban J connectivity index is 0.00000108. The number of nitrogens with two attached hydrogens (primary N) is 1. The van der Waals surface area contributed by atoms with E-state index < -0.39 is 0 Å². The Bertz CT molecular complexity index is 521. The first-order valence-corrected chi connectivity index (χ1v) is 5.75. The van der Waals surface area contributed by atoms with E-state index in [2.05, 4.69) is 22.0 Å². The van der Waals surface area contributed by atoms with E-state index in [1.807, 2.05) is 18.2 Å². The van der Waals surface area contributed by atoms with Crippen LogP contribution in [0.3, 0.4) is 0 Å². The quantitative estimate of drug-likeness (QED) is 0.845. The van der Waals surface area contributed by atoms with E-state index >= 15 is 0 Å². The van der Waals surface area contributed by atoms with Gasteiger partial charge >= 0.3 is 0 Å². The smallest absolute Gasteiger partial charge is 0.133 e. The molecule has 0 aliphatic carbocycles. The Hall–Kier alpha value is -1.48. The van der Waals surface area contributed by atoms with Crippen molar-refractivity contribution in [2.45, 2.75) is 12.8 Å². The molecule has 3 rings (SSSR count). The van der Waals surface area contributed by atoms with Crippen molar-refractivity contribution < 1.29 is 0 Å². The van der Waals surface area contributed by atoms with E-state index in [1.54, 1.807) is 0 Å². The number of pyridine rings is 1. The third-order valence-electron chi connectivity index (χ3n) is 3.19. The van der Waals surface area contributed by atoms with E-state index in [4.69, 9.17) is 5.73 Å². The Labute approximate surface area is 107 Å². The molecule has 0 bridgehead atoms. The van der Waals surface area contributed by atoms with Gasteiger partial charge in [-0.1, -0.05) is 24.3 Å². The second kappa shape index (κ2) is 4.80. The molecule has 3 nitrogen and oxygen atoms in total. The van der Waals surface area contributed by atoms with Gasteiger partial charge in [0.15, 0.2) is 0 Å². The van der Waals surface area contributed by atoms with E-state index in [9.17, 15) is 0 Å². The number of nitrogens with zero attached hydrogens (tertiary/aromatic N) is 2. The number of benzene rings is 1. The number of hydrogen-bond acceptors (Lipinski definition) is 3. The third-order valence-corrected chi connectivity index (χ3v) is 3.19. The summed E-state index contributed by atoms with van der Waals surface area (Å²) in [4.78, 5) is 6.80. The van der Waals surface area contributed by atoms with Gasteiger partial charge in [0.2, 0.25) is 0 Å². The van der Waals surface area contributed by atoms with Gasteiger partial charge < -0.3 is 10.6 Å². The van der Waals surface area contributed by atoms with Crippen LogP contribution in [-0.2, 0) is 0 Å². The molecule has 1 aromatic heterocycles. The average Bonchev–Trinajstić information content (AvgIpc) is 2.82. The summed E-state index contributed by atoms with van der Waals surface area (Å²) in [6.07, 6.45) is 2.52. The van der Waals surface area contributed by atoms with Crippen LogP contribution in [0.4, 0.5) is 11.6 Å². The molecule has 1 saturated heterocycles. The van der Waals surface area contributed by atoms with Crippen LogP contribution in [0.15, 0.2) is 30.3 Å². The minimum Gasteiger partial charge on any atom is -0.383 e. The Kier molecular flexibility index (Phi) is 3.38. The van der Waals surface area contributed by atoms with Crippen LogP contribution in [0.25, 0.3) is 10.8 Å². The summed E-state index contributed by atoms with van der Waals surface area (Å²) >= 11 is 0. The lowest BCUT2D eigenvalue weighted by Gasteiger charge is -2.17. The maximum absolute atomic E-state index is 5.99. The van der Waals surface area contributed by atoms with E-state index in [-0.39, 0.29) is 12.4 Å². The molecule has 0 atom stereocenters. The third kappa shape index (κ3) is 2.15. The van der Waals surface area contributed by atoms with Crippen LogP contribution >= 0.6 is 12.4 Å². The highest BCUT2D eigenvalue weighted by molar-refractivity contribution is 5.92. The van der Waals surface area contributed by atoms with Crippen molar-refractivity contribution in [3.05, 3.63) is 30.3 Å². The van der Waals surface area contributed by atoms with Gasteiger partial charge in [-0.15, -0.1) is 12.4 Å². The van der Waals surface area contributed by atoms with Crippen LogP contribution in [0.5, 0.6) is 0 Å². The fourth-order valence-electron chi connectivity index (χ4n) is 2.32. The molecule has 0 spiro atoms. The van der Waals surface area contributed by atoms with Crippen LogP contribution in [0.1, 0.15) is 12.8 Å². The highest BCUT2D eigenvalue weighted by Crippen LogP contribution is 2.26. The Morgan fingerprint density at radius 3 is 2.59 bits per heavy atom. The Morgan fingerprint density at radius 2 is 1.82 bits per heavy atom. The average molecular weight is 250 g/mol. The predicted molar refractivity (Wildman–Crippen MR) is 74.9 cm³/mol. The summed E-state index contributed by atoms with van der Waals surface area (Å²) in [6.45, 7) is 2.20. The molecular formula is C13H16ClN3. The maximum Gasteiger partial charge on any atom is 0.133 e. The van der Waals surface area contributed by atoms with Crippen LogP contribution in [0, 0.1) is 0 Å². The standard InChI is InChI=1S/C13H15N3.ClH/c14-13-11-6-2-1-5-10(11)9-12(15-13)16-7-3-4-8-16;/h1-2,5-6,9H,3-4,7-8H2,(H2,14,15);1H. The van der Waals surface area contributed by atoms with Gasteiger partial charge in [-0.25, -0.2) is 4.98 Å². The molecular weight excluding hydrogens is 234 g/mol. The maximum atomic E-state index is 5.99. The van der Waals surface area contributed by atoms with Gasteiger partial charge in [0, 0.05) is 18.5 Å². The van der Waals surface area contributed by atoms with Crippen LogP contribution in [-0.4, -0.2) is 18.1 Å². The number of anilines is 2. The summed E-state index contributed by atoms with van der Waals surface area (Å²) in [7, 11) is 0. The minimum atomic E-state index is 0. The van der Waals surface area contributed by atoms with Gasteiger partial charge in [0.1, 0.15) is 11.6 Å². The van der Waals surface area contributed by atoms with Gasteiger partial charge in [0.25, 0.3) is 0 Å². The molecule has 2 heterocycles. The van der Waals surface area contributed by atoms with Crippen molar-refractivity contribution in [3.63, 3.8) is 0 Å².